The summed E-state index contributed by atoms with van der Waals surface area (Å²) in [7, 11) is 0. The van der Waals surface area contributed by atoms with Gasteiger partial charge in [0, 0.05) is 24.2 Å². The number of piperidine rings is 1. The summed E-state index contributed by atoms with van der Waals surface area (Å²) in [6, 6.07) is 13.3. The summed E-state index contributed by atoms with van der Waals surface area (Å²) >= 11 is 0. The summed E-state index contributed by atoms with van der Waals surface area (Å²) in [5.74, 6) is -0.552. The molecule has 0 saturated carbocycles. The van der Waals surface area contributed by atoms with Gasteiger partial charge in [0.2, 0.25) is 0 Å². The average Bonchev–Trinajstić information content (AvgIpc) is 2.67. The molecule has 2 N–H and O–H groups in total. The highest BCUT2D eigenvalue weighted by Gasteiger charge is 2.26. The van der Waals surface area contributed by atoms with Gasteiger partial charge in [-0.2, -0.15) is 0 Å². The van der Waals surface area contributed by atoms with Gasteiger partial charge < -0.3 is 10.5 Å². The highest BCUT2D eigenvalue weighted by atomic mass is 19.3. The molecule has 140 valence electrons. The second-order valence-electron chi connectivity index (χ2n) is 6.56. The maximum Gasteiger partial charge on any atom is 0.263 e. The summed E-state index contributed by atoms with van der Waals surface area (Å²) in [4.78, 5) is 1.91. The van der Waals surface area contributed by atoms with E-state index >= 15 is 0 Å². The molecule has 0 amide bonds. The highest BCUT2D eigenvalue weighted by Crippen LogP contribution is 2.28. The van der Waals surface area contributed by atoms with Gasteiger partial charge >= 0.3 is 0 Å². The van der Waals surface area contributed by atoms with Crippen molar-refractivity contribution in [2.45, 2.75) is 38.1 Å². The Morgan fingerprint density at radius 2 is 1.77 bits per heavy atom. The van der Waals surface area contributed by atoms with E-state index in [4.69, 9.17) is 10.5 Å². The molecule has 3 rings (SSSR count). The first-order valence-corrected chi connectivity index (χ1v) is 8.77. The van der Waals surface area contributed by atoms with E-state index in [0.717, 1.165) is 30.5 Å². The molecule has 0 bridgehead atoms. The molecule has 1 atom stereocenters. The lowest BCUT2D eigenvalue weighted by molar-refractivity contribution is -0.0111. The highest BCUT2D eigenvalue weighted by molar-refractivity contribution is 5.28. The van der Waals surface area contributed by atoms with Crippen molar-refractivity contribution >= 4 is 0 Å². The Bertz CT molecular complexity index is 703. The van der Waals surface area contributed by atoms with Crippen LogP contribution in [-0.2, 0) is 11.3 Å². The number of likely N-dealkylation sites (tertiary alicyclic amines) is 1. The fraction of sp³-hybridized carbons (Fsp3) is 0.400. The van der Waals surface area contributed by atoms with Gasteiger partial charge in [-0.3, -0.25) is 4.90 Å². The van der Waals surface area contributed by atoms with Gasteiger partial charge in [0.15, 0.2) is 0 Å². The standard InChI is InChI=1S/C20H23F3N2O/c21-18-7-6-15(19(22)23)12-17(18)20(24)25-10-8-16(9-11-25)26-13-14-4-2-1-3-5-14/h1-7,12,16,19-20H,8-11,13,24H2/t20-/m0/s1. The van der Waals surface area contributed by atoms with Crippen LogP contribution >= 0.6 is 0 Å². The van der Waals surface area contributed by atoms with Crippen molar-refractivity contribution in [1.29, 1.82) is 0 Å². The zero-order valence-electron chi connectivity index (χ0n) is 14.5. The Morgan fingerprint density at radius 3 is 2.42 bits per heavy atom. The SMILES string of the molecule is N[C@H](c1cc(C(F)F)ccc1F)N1CCC(OCc2ccccc2)CC1. The van der Waals surface area contributed by atoms with Crippen LogP contribution < -0.4 is 5.73 Å². The summed E-state index contributed by atoms with van der Waals surface area (Å²) in [5, 5.41) is 0. The number of nitrogens with two attached hydrogens (primary N) is 1. The lowest BCUT2D eigenvalue weighted by Gasteiger charge is -2.36. The minimum Gasteiger partial charge on any atom is -0.373 e. The van der Waals surface area contributed by atoms with Crippen LogP contribution in [0.1, 0.15) is 42.1 Å². The smallest absolute Gasteiger partial charge is 0.263 e. The maximum atomic E-state index is 14.0. The number of benzene rings is 2. The number of ether oxygens (including phenoxy) is 1. The Balaban J connectivity index is 1.55. The third kappa shape index (κ3) is 4.63. The molecule has 2 aromatic carbocycles. The number of alkyl halides is 2. The molecule has 6 heteroatoms. The minimum absolute atomic E-state index is 0.117. The van der Waals surface area contributed by atoms with E-state index in [1.165, 1.54) is 6.07 Å². The number of nitrogens with zero attached hydrogens (tertiary/aromatic N) is 1. The first-order valence-electron chi connectivity index (χ1n) is 8.77. The van der Waals surface area contributed by atoms with Gasteiger partial charge in [-0.25, -0.2) is 13.2 Å². The van der Waals surface area contributed by atoms with Crippen LogP contribution in [0.15, 0.2) is 48.5 Å². The van der Waals surface area contributed by atoms with Gasteiger partial charge in [0.25, 0.3) is 6.43 Å². The molecular weight excluding hydrogens is 341 g/mol. The summed E-state index contributed by atoms with van der Waals surface area (Å²) in [5.41, 5.74) is 7.18. The van der Waals surface area contributed by atoms with Crippen molar-refractivity contribution < 1.29 is 17.9 Å². The lowest BCUT2D eigenvalue weighted by Crippen LogP contribution is -2.42. The topological polar surface area (TPSA) is 38.5 Å². The van der Waals surface area contributed by atoms with E-state index in [0.29, 0.717) is 19.7 Å². The van der Waals surface area contributed by atoms with E-state index in [1.54, 1.807) is 0 Å². The number of hydrogen-bond donors (Lipinski definition) is 1. The quantitative estimate of drug-likeness (QED) is 0.826. The lowest BCUT2D eigenvalue weighted by atomic mass is 10.0. The molecule has 1 saturated heterocycles. The molecule has 1 aliphatic heterocycles. The van der Waals surface area contributed by atoms with Crippen molar-refractivity contribution in [3.63, 3.8) is 0 Å². The van der Waals surface area contributed by atoms with E-state index in [-0.39, 0.29) is 17.2 Å². The molecule has 2 aromatic rings. The van der Waals surface area contributed by atoms with Crippen LogP contribution in [-0.4, -0.2) is 24.1 Å². The predicted octanol–water partition coefficient (Wildman–Crippen LogP) is 4.40. The van der Waals surface area contributed by atoms with E-state index in [9.17, 15) is 13.2 Å². The molecular formula is C20H23F3N2O. The second-order valence-corrected chi connectivity index (χ2v) is 6.56. The first-order chi connectivity index (χ1) is 12.5. The van der Waals surface area contributed by atoms with Gasteiger partial charge in [0.05, 0.1) is 18.9 Å². The fourth-order valence-electron chi connectivity index (χ4n) is 3.23. The fourth-order valence-corrected chi connectivity index (χ4v) is 3.23. The van der Waals surface area contributed by atoms with Crippen molar-refractivity contribution in [1.82, 2.24) is 4.90 Å². The molecule has 26 heavy (non-hydrogen) atoms. The molecule has 0 radical (unpaired) electrons. The average molecular weight is 364 g/mol. The van der Waals surface area contributed by atoms with Gasteiger partial charge in [0.1, 0.15) is 5.82 Å². The molecule has 1 fully saturated rings. The molecule has 0 aliphatic carbocycles. The van der Waals surface area contributed by atoms with Crippen molar-refractivity contribution in [3.05, 3.63) is 71.0 Å². The molecule has 0 aromatic heterocycles. The Hall–Kier alpha value is -1.89. The van der Waals surface area contributed by atoms with Crippen molar-refractivity contribution in [2.24, 2.45) is 5.73 Å². The van der Waals surface area contributed by atoms with E-state index in [1.807, 2.05) is 35.2 Å². The normalized spacial score (nSPS) is 17.6. The van der Waals surface area contributed by atoms with Crippen LogP contribution in [0.5, 0.6) is 0 Å². The number of rotatable bonds is 6. The Kier molecular flexibility index (Phi) is 6.29. The second kappa shape index (κ2) is 8.66. The summed E-state index contributed by atoms with van der Waals surface area (Å²) in [6.07, 6.45) is -1.70. The number of hydrogen-bond acceptors (Lipinski definition) is 3. The summed E-state index contributed by atoms with van der Waals surface area (Å²) in [6.45, 7) is 1.83. The molecule has 0 spiro atoms. The first kappa shape index (κ1) is 18.9. The third-order valence-electron chi connectivity index (χ3n) is 4.79. The van der Waals surface area contributed by atoms with Crippen LogP contribution in [0.4, 0.5) is 13.2 Å². The van der Waals surface area contributed by atoms with Gasteiger partial charge in [-0.05, 0) is 30.5 Å². The largest absolute Gasteiger partial charge is 0.373 e. The van der Waals surface area contributed by atoms with E-state index in [2.05, 4.69) is 0 Å². The zero-order chi connectivity index (χ0) is 18.5. The Morgan fingerprint density at radius 1 is 1.08 bits per heavy atom. The molecule has 3 nitrogen and oxygen atoms in total. The van der Waals surface area contributed by atoms with Crippen LogP contribution in [0.2, 0.25) is 0 Å². The number of halogens is 3. The third-order valence-corrected chi connectivity index (χ3v) is 4.79. The van der Waals surface area contributed by atoms with Crippen molar-refractivity contribution in [3.8, 4) is 0 Å². The Labute approximate surface area is 151 Å². The van der Waals surface area contributed by atoms with Crippen molar-refractivity contribution in [2.75, 3.05) is 13.1 Å². The van der Waals surface area contributed by atoms with Gasteiger partial charge in [-0.1, -0.05) is 36.4 Å². The zero-order valence-corrected chi connectivity index (χ0v) is 14.5. The molecule has 0 unspecified atom stereocenters. The van der Waals surface area contributed by atoms with E-state index < -0.39 is 18.4 Å². The molecule has 1 aliphatic rings. The predicted molar refractivity (Wildman–Crippen MR) is 94.1 cm³/mol. The summed E-state index contributed by atoms with van der Waals surface area (Å²) < 4.78 is 45.7. The van der Waals surface area contributed by atoms with Crippen LogP contribution in [0, 0.1) is 5.82 Å². The molecule has 1 heterocycles. The van der Waals surface area contributed by atoms with Gasteiger partial charge in [-0.15, -0.1) is 0 Å². The van der Waals surface area contributed by atoms with Crippen LogP contribution in [0.25, 0.3) is 0 Å². The maximum absolute atomic E-state index is 14.0. The monoisotopic (exact) mass is 364 g/mol. The van der Waals surface area contributed by atoms with Crippen LogP contribution in [0.3, 0.4) is 0 Å². The minimum atomic E-state index is -2.64.